The molecular weight excluding hydrogens is 212 g/mol. The van der Waals surface area contributed by atoms with E-state index in [2.05, 4.69) is 37.5 Å². The number of aryl methyl sites for hydroxylation is 1. The minimum atomic E-state index is -0.102. The van der Waals surface area contributed by atoms with Crippen LogP contribution in [-0.2, 0) is 0 Å². The maximum atomic E-state index is 11.6. The Hall–Kier alpha value is -1.51. The van der Waals surface area contributed by atoms with Crippen molar-refractivity contribution in [1.29, 1.82) is 0 Å². The first-order valence-corrected chi connectivity index (χ1v) is 6.10. The van der Waals surface area contributed by atoms with Crippen molar-refractivity contribution >= 4 is 6.03 Å². The van der Waals surface area contributed by atoms with Crippen LogP contribution in [0.2, 0.25) is 0 Å². The summed E-state index contributed by atoms with van der Waals surface area (Å²) in [6.45, 7) is 8.90. The van der Waals surface area contributed by atoms with Gasteiger partial charge in [-0.3, -0.25) is 0 Å². The minimum absolute atomic E-state index is 0.0309. The Balaban J connectivity index is 2.52. The largest absolute Gasteiger partial charge is 0.338 e. The Labute approximate surface area is 104 Å². The molecule has 1 atom stereocenters. The highest BCUT2D eigenvalue weighted by Gasteiger charge is 2.10. The molecule has 1 rings (SSSR count). The summed E-state index contributed by atoms with van der Waals surface area (Å²) in [5.74, 6) is 0.467. The van der Waals surface area contributed by atoms with Gasteiger partial charge in [-0.2, -0.15) is 0 Å². The number of amides is 2. The van der Waals surface area contributed by atoms with Gasteiger partial charge in [-0.1, -0.05) is 38.1 Å². The zero-order valence-electron chi connectivity index (χ0n) is 11.1. The smallest absolute Gasteiger partial charge is 0.315 e. The van der Waals surface area contributed by atoms with Gasteiger partial charge in [-0.25, -0.2) is 4.79 Å². The van der Waals surface area contributed by atoms with Crippen LogP contribution in [0.15, 0.2) is 24.3 Å². The van der Waals surface area contributed by atoms with E-state index in [9.17, 15) is 4.79 Å². The molecule has 0 heterocycles. The van der Waals surface area contributed by atoms with E-state index in [1.54, 1.807) is 0 Å². The van der Waals surface area contributed by atoms with E-state index in [4.69, 9.17) is 0 Å². The molecule has 1 aromatic carbocycles. The van der Waals surface area contributed by atoms with Crippen LogP contribution >= 0.6 is 0 Å². The summed E-state index contributed by atoms with van der Waals surface area (Å²) in [6.07, 6.45) is 0. The molecule has 0 saturated carbocycles. The number of benzene rings is 1. The van der Waals surface area contributed by atoms with Crippen LogP contribution in [0.1, 0.15) is 37.9 Å². The third-order valence-electron chi connectivity index (χ3n) is 2.67. The van der Waals surface area contributed by atoms with Gasteiger partial charge in [0.15, 0.2) is 0 Å². The molecular formula is C14H22N2O. The van der Waals surface area contributed by atoms with Crippen LogP contribution in [0.5, 0.6) is 0 Å². The summed E-state index contributed by atoms with van der Waals surface area (Å²) in [4.78, 5) is 11.6. The molecule has 0 aromatic heterocycles. The zero-order valence-corrected chi connectivity index (χ0v) is 11.1. The molecule has 0 radical (unpaired) electrons. The van der Waals surface area contributed by atoms with Crippen LogP contribution in [0.25, 0.3) is 0 Å². The fourth-order valence-electron chi connectivity index (χ4n) is 1.69. The number of rotatable bonds is 4. The molecule has 0 saturated heterocycles. The quantitative estimate of drug-likeness (QED) is 0.826. The SMILES string of the molecule is Cc1ccccc1C(C)NC(=O)NCC(C)C. The summed E-state index contributed by atoms with van der Waals surface area (Å²) in [5.41, 5.74) is 2.36. The molecule has 0 spiro atoms. The van der Waals surface area contributed by atoms with Gasteiger partial charge in [-0.05, 0) is 30.9 Å². The summed E-state index contributed by atoms with van der Waals surface area (Å²) in [7, 11) is 0. The van der Waals surface area contributed by atoms with Gasteiger partial charge in [0.05, 0.1) is 6.04 Å². The van der Waals surface area contributed by atoms with E-state index in [1.165, 1.54) is 5.56 Å². The van der Waals surface area contributed by atoms with Gasteiger partial charge in [0.25, 0.3) is 0 Å². The molecule has 3 nitrogen and oxygen atoms in total. The third kappa shape index (κ3) is 4.47. The zero-order chi connectivity index (χ0) is 12.8. The maximum absolute atomic E-state index is 11.6. The fraction of sp³-hybridized carbons (Fsp3) is 0.500. The van der Waals surface area contributed by atoms with Gasteiger partial charge < -0.3 is 10.6 Å². The second kappa shape index (κ2) is 6.28. The lowest BCUT2D eigenvalue weighted by molar-refractivity contribution is 0.236. The molecule has 0 aliphatic rings. The number of hydrogen-bond donors (Lipinski definition) is 2. The Bertz CT molecular complexity index is 374. The number of nitrogens with one attached hydrogen (secondary N) is 2. The number of carbonyl (C=O) groups is 1. The lowest BCUT2D eigenvalue weighted by Gasteiger charge is -2.17. The topological polar surface area (TPSA) is 41.1 Å². The Kier molecular flexibility index (Phi) is 5.01. The fourth-order valence-corrected chi connectivity index (χ4v) is 1.69. The molecule has 0 fully saturated rings. The second-order valence-corrected chi connectivity index (χ2v) is 4.83. The van der Waals surface area contributed by atoms with Gasteiger partial charge in [0.1, 0.15) is 0 Å². The Morgan fingerprint density at radius 1 is 1.24 bits per heavy atom. The van der Waals surface area contributed by atoms with Gasteiger partial charge in [0.2, 0.25) is 0 Å². The van der Waals surface area contributed by atoms with Crippen LogP contribution in [0.3, 0.4) is 0 Å². The van der Waals surface area contributed by atoms with Crippen molar-refractivity contribution in [3.63, 3.8) is 0 Å². The molecule has 0 aliphatic heterocycles. The molecule has 94 valence electrons. The molecule has 0 aliphatic carbocycles. The van der Waals surface area contributed by atoms with Crippen molar-refractivity contribution in [2.24, 2.45) is 5.92 Å². The molecule has 1 aromatic rings. The van der Waals surface area contributed by atoms with Crippen molar-refractivity contribution < 1.29 is 4.79 Å². The van der Waals surface area contributed by atoms with E-state index >= 15 is 0 Å². The van der Waals surface area contributed by atoms with E-state index in [0.29, 0.717) is 12.5 Å². The van der Waals surface area contributed by atoms with E-state index in [-0.39, 0.29) is 12.1 Å². The number of urea groups is 1. The minimum Gasteiger partial charge on any atom is -0.338 e. The molecule has 0 bridgehead atoms. The monoisotopic (exact) mass is 234 g/mol. The van der Waals surface area contributed by atoms with Gasteiger partial charge in [0, 0.05) is 6.54 Å². The molecule has 2 amide bonds. The van der Waals surface area contributed by atoms with Crippen LogP contribution in [0.4, 0.5) is 4.79 Å². The first kappa shape index (κ1) is 13.6. The predicted octanol–water partition coefficient (Wildman–Crippen LogP) is 3.01. The normalized spacial score (nSPS) is 12.3. The molecule has 3 heteroatoms. The summed E-state index contributed by atoms with van der Waals surface area (Å²) < 4.78 is 0. The molecule has 2 N–H and O–H groups in total. The van der Waals surface area contributed by atoms with Crippen molar-refractivity contribution in [1.82, 2.24) is 10.6 Å². The lowest BCUT2D eigenvalue weighted by Crippen LogP contribution is -2.38. The van der Waals surface area contributed by atoms with Crippen molar-refractivity contribution in [3.05, 3.63) is 35.4 Å². The van der Waals surface area contributed by atoms with E-state index in [1.807, 2.05) is 25.1 Å². The second-order valence-electron chi connectivity index (χ2n) is 4.83. The summed E-state index contributed by atoms with van der Waals surface area (Å²) >= 11 is 0. The predicted molar refractivity (Wildman–Crippen MR) is 71.0 cm³/mol. The number of hydrogen-bond acceptors (Lipinski definition) is 1. The van der Waals surface area contributed by atoms with Gasteiger partial charge >= 0.3 is 6.03 Å². The maximum Gasteiger partial charge on any atom is 0.315 e. The lowest BCUT2D eigenvalue weighted by atomic mass is 10.0. The molecule has 17 heavy (non-hydrogen) atoms. The summed E-state index contributed by atoms with van der Waals surface area (Å²) in [6, 6.07) is 8.02. The average Bonchev–Trinajstić information content (AvgIpc) is 2.26. The highest BCUT2D eigenvalue weighted by atomic mass is 16.2. The highest BCUT2D eigenvalue weighted by Crippen LogP contribution is 2.16. The van der Waals surface area contributed by atoms with Gasteiger partial charge in [-0.15, -0.1) is 0 Å². The number of carbonyl (C=O) groups excluding carboxylic acids is 1. The van der Waals surface area contributed by atoms with Crippen LogP contribution < -0.4 is 10.6 Å². The molecule has 1 unspecified atom stereocenters. The third-order valence-corrected chi connectivity index (χ3v) is 2.67. The van der Waals surface area contributed by atoms with Crippen molar-refractivity contribution in [2.45, 2.75) is 33.7 Å². The van der Waals surface area contributed by atoms with Crippen LogP contribution in [0, 0.1) is 12.8 Å². The highest BCUT2D eigenvalue weighted by molar-refractivity contribution is 5.74. The van der Waals surface area contributed by atoms with Crippen molar-refractivity contribution in [3.8, 4) is 0 Å². The van der Waals surface area contributed by atoms with Crippen molar-refractivity contribution in [2.75, 3.05) is 6.54 Å². The first-order valence-electron chi connectivity index (χ1n) is 6.10. The standard InChI is InChI=1S/C14H22N2O/c1-10(2)9-15-14(17)16-12(4)13-8-6-5-7-11(13)3/h5-8,10,12H,9H2,1-4H3,(H2,15,16,17). The van der Waals surface area contributed by atoms with E-state index in [0.717, 1.165) is 5.56 Å². The summed E-state index contributed by atoms with van der Waals surface area (Å²) in [5, 5.41) is 5.79. The Morgan fingerprint density at radius 2 is 1.88 bits per heavy atom. The Morgan fingerprint density at radius 3 is 2.47 bits per heavy atom. The van der Waals surface area contributed by atoms with E-state index < -0.39 is 0 Å². The average molecular weight is 234 g/mol. The van der Waals surface area contributed by atoms with Crippen LogP contribution in [-0.4, -0.2) is 12.6 Å². The first-order chi connectivity index (χ1) is 8.00.